The molecule has 6 nitrogen and oxygen atoms in total. The van der Waals surface area contributed by atoms with Gasteiger partial charge in [-0.1, -0.05) is 23.9 Å². The third-order valence-electron chi connectivity index (χ3n) is 4.95. The summed E-state index contributed by atoms with van der Waals surface area (Å²) in [6, 6.07) is 8.43. The molecule has 0 saturated carbocycles. The Morgan fingerprint density at radius 3 is 2.54 bits per heavy atom. The number of amides is 1. The van der Waals surface area contributed by atoms with E-state index in [1.807, 2.05) is 0 Å². The number of nitrogens with zero attached hydrogens (tertiary/aromatic N) is 3. The number of carbonyl (C=O) groups is 2. The molecule has 2 aliphatic heterocycles. The van der Waals surface area contributed by atoms with Crippen molar-refractivity contribution >= 4 is 75.0 Å². The summed E-state index contributed by atoms with van der Waals surface area (Å²) < 4.78 is 5.91. The van der Waals surface area contributed by atoms with Gasteiger partial charge in [0.2, 0.25) is 0 Å². The van der Waals surface area contributed by atoms with E-state index in [-0.39, 0.29) is 35.3 Å². The Morgan fingerprint density at radius 2 is 1.82 bits per heavy atom. The molecule has 154 valence electrons. The zero-order valence-corrected chi connectivity index (χ0v) is 18.6. The fourth-order valence-electron chi connectivity index (χ4n) is 3.50. The average molecular weight is 463 g/mol. The molecule has 1 unspecified atom stereocenters. The van der Waals surface area contributed by atoms with Crippen molar-refractivity contribution in [2.45, 2.75) is 24.6 Å². The molecule has 3 heterocycles. The first-order valence-electron chi connectivity index (χ1n) is 9.04. The second-order valence-electron chi connectivity index (χ2n) is 6.69. The van der Waals surface area contributed by atoms with E-state index in [1.165, 1.54) is 10.1 Å². The van der Waals surface area contributed by atoms with Crippen molar-refractivity contribution in [1.82, 2.24) is 14.6 Å². The summed E-state index contributed by atoms with van der Waals surface area (Å²) in [5, 5.41) is 3.62. The van der Waals surface area contributed by atoms with Crippen LogP contribution in [0.4, 0.5) is 5.82 Å². The maximum Gasteiger partial charge on any atom is 0.299 e. The van der Waals surface area contributed by atoms with Gasteiger partial charge in [-0.3, -0.25) is 14.5 Å². The Kier molecular flexibility index (Phi) is 8.82. The average Bonchev–Trinajstić information content (AvgIpc) is 3.23. The number of thioether (sulfide) groups is 1. The van der Waals surface area contributed by atoms with Gasteiger partial charge in [-0.15, -0.1) is 24.8 Å². The highest BCUT2D eigenvalue weighted by atomic mass is 35.5. The zero-order valence-electron chi connectivity index (χ0n) is 15.3. The van der Waals surface area contributed by atoms with Gasteiger partial charge in [-0.05, 0) is 49.5 Å². The van der Waals surface area contributed by atoms with E-state index < -0.39 is 5.91 Å². The highest BCUT2D eigenvalue weighted by Crippen LogP contribution is 2.29. The monoisotopic (exact) mass is 462 g/mol. The molecular formula is C18H24Cl2N4O2S2. The summed E-state index contributed by atoms with van der Waals surface area (Å²) >= 11 is 2.71. The molecule has 1 aromatic carbocycles. The number of piperazine rings is 1. The van der Waals surface area contributed by atoms with Gasteiger partial charge in [0, 0.05) is 31.6 Å². The van der Waals surface area contributed by atoms with Gasteiger partial charge in [-0.25, -0.2) is 0 Å². The molecule has 1 N–H and O–H groups in total. The van der Waals surface area contributed by atoms with Crippen LogP contribution in [0.25, 0.3) is 10.1 Å². The molecule has 2 aromatic rings. The van der Waals surface area contributed by atoms with Crippen molar-refractivity contribution in [2.75, 3.05) is 37.6 Å². The molecule has 2 saturated heterocycles. The van der Waals surface area contributed by atoms with Crippen LogP contribution in [-0.4, -0.2) is 58.4 Å². The van der Waals surface area contributed by atoms with Crippen LogP contribution >= 0.6 is 48.1 Å². The predicted octanol–water partition coefficient (Wildman–Crippen LogP) is 3.15. The van der Waals surface area contributed by atoms with E-state index in [9.17, 15) is 9.59 Å². The third kappa shape index (κ3) is 5.30. The van der Waals surface area contributed by atoms with E-state index in [0.717, 1.165) is 69.6 Å². The lowest BCUT2D eigenvalue weighted by Crippen LogP contribution is -2.46. The molecule has 2 fully saturated rings. The van der Waals surface area contributed by atoms with Gasteiger partial charge < -0.3 is 10.2 Å². The van der Waals surface area contributed by atoms with Crippen molar-refractivity contribution < 1.29 is 9.59 Å². The number of hydrogen-bond donors (Lipinski definition) is 1. The minimum atomic E-state index is -0.439. The lowest BCUT2D eigenvalue weighted by atomic mass is 10.2. The van der Waals surface area contributed by atoms with Crippen LogP contribution in [0.15, 0.2) is 24.3 Å². The fourth-order valence-corrected chi connectivity index (χ4v) is 5.17. The number of halogens is 2. The minimum absolute atomic E-state index is 0. The number of benzene rings is 1. The SMILES string of the molecule is Cl.Cl.O=C1NC(CCCCN2CCN(c3nsc4ccccc34)CC2)SC1=O. The van der Waals surface area contributed by atoms with Crippen molar-refractivity contribution in [3.05, 3.63) is 24.3 Å². The second-order valence-corrected chi connectivity index (χ2v) is 8.67. The molecule has 0 bridgehead atoms. The summed E-state index contributed by atoms with van der Waals surface area (Å²) in [6.07, 6.45) is 3.00. The molecule has 0 spiro atoms. The van der Waals surface area contributed by atoms with Crippen molar-refractivity contribution in [3.8, 4) is 0 Å². The van der Waals surface area contributed by atoms with Gasteiger partial charge in [0.15, 0.2) is 0 Å². The lowest BCUT2D eigenvalue weighted by Gasteiger charge is -2.35. The van der Waals surface area contributed by atoms with Gasteiger partial charge in [-0.2, -0.15) is 4.37 Å². The Hall–Kier alpha value is -1.06. The number of nitrogens with one attached hydrogen (secondary N) is 1. The Bertz CT molecular complexity index is 796. The maximum atomic E-state index is 11.2. The molecular weight excluding hydrogens is 439 g/mol. The quantitative estimate of drug-likeness (QED) is 0.525. The molecule has 1 atom stereocenters. The van der Waals surface area contributed by atoms with Crippen molar-refractivity contribution in [1.29, 1.82) is 0 Å². The normalized spacial score (nSPS) is 20.0. The molecule has 2 aliphatic rings. The smallest absolute Gasteiger partial charge is 0.299 e. The number of fused-ring (bicyclic) bond motifs is 1. The first kappa shape index (κ1) is 23.2. The minimum Gasteiger partial charge on any atom is -0.353 e. The first-order chi connectivity index (χ1) is 12.7. The van der Waals surface area contributed by atoms with Gasteiger partial charge in [0.05, 0.1) is 10.1 Å². The lowest BCUT2D eigenvalue weighted by molar-refractivity contribution is -0.132. The van der Waals surface area contributed by atoms with Crippen LogP contribution in [-0.2, 0) is 9.59 Å². The number of anilines is 1. The summed E-state index contributed by atoms with van der Waals surface area (Å²) in [7, 11) is 0. The zero-order chi connectivity index (χ0) is 17.9. The number of hydrogen-bond acceptors (Lipinski definition) is 7. The largest absolute Gasteiger partial charge is 0.353 e. The second kappa shape index (κ2) is 10.6. The molecule has 28 heavy (non-hydrogen) atoms. The van der Waals surface area contributed by atoms with Crippen LogP contribution in [0.3, 0.4) is 0 Å². The Morgan fingerprint density at radius 1 is 1.07 bits per heavy atom. The number of carbonyl (C=O) groups excluding carboxylic acids is 2. The summed E-state index contributed by atoms with van der Waals surface area (Å²) in [4.78, 5) is 27.3. The van der Waals surface area contributed by atoms with Crippen LogP contribution in [0.5, 0.6) is 0 Å². The van der Waals surface area contributed by atoms with Crippen molar-refractivity contribution in [3.63, 3.8) is 0 Å². The number of unbranched alkanes of at least 4 members (excludes halogenated alkanes) is 1. The van der Waals surface area contributed by atoms with Gasteiger partial charge in [0.25, 0.3) is 11.0 Å². The molecule has 10 heteroatoms. The van der Waals surface area contributed by atoms with E-state index >= 15 is 0 Å². The van der Waals surface area contributed by atoms with Crippen LogP contribution in [0, 0.1) is 0 Å². The van der Waals surface area contributed by atoms with Gasteiger partial charge in [0.1, 0.15) is 5.82 Å². The first-order valence-corrected chi connectivity index (χ1v) is 10.7. The van der Waals surface area contributed by atoms with E-state index in [0.29, 0.717) is 0 Å². The van der Waals surface area contributed by atoms with Crippen molar-refractivity contribution in [2.24, 2.45) is 0 Å². The summed E-state index contributed by atoms with van der Waals surface area (Å²) in [5.41, 5.74) is 0. The van der Waals surface area contributed by atoms with E-state index in [4.69, 9.17) is 0 Å². The summed E-state index contributed by atoms with van der Waals surface area (Å²) in [5.74, 6) is 0.689. The highest BCUT2D eigenvalue weighted by molar-refractivity contribution is 8.16. The van der Waals surface area contributed by atoms with E-state index in [1.54, 1.807) is 11.5 Å². The Labute approximate surface area is 185 Å². The molecule has 1 amide bonds. The molecule has 0 radical (unpaired) electrons. The third-order valence-corrected chi connectivity index (χ3v) is 6.80. The number of aromatic nitrogens is 1. The topological polar surface area (TPSA) is 65.5 Å². The maximum absolute atomic E-state index is 11.2. The van der Waals surface area contributed by atoms with Crippen LogP contribution in [0.1, 0.15) is 19.3 Å². The number of rotatable bonds is 6. The predicted molar refractivity (Wildman–Crippen MR) is 121 cm³/mol. The summed E-state index contributed by atoms with van der Waals surface area (Å²) in [6.45, 7) is 5.21. The van der Waals surface area contributed by atoms with Crippen LogP contribution < -0.4 is 10.2 Å². The highest BCUT2D eigenvalue weighted by Gasteiger charge is 2.30. The molecule has 0 aliphatic carbocycles. The van der Waals surface area contributed by atoms with E-state index in [2.05, 4.69) is 43.8 Å². The standard InChI is InChI=1S/C18H22N4O2S2.2ClH/c23-17-18(24)25-15(19-17)7-3-4-8-21-9-11-22(12-10-21)16-13-5-1-2-6-14(13)26-20-16;;/h1-2,5-6,15H,3-4,7-12H2,(H,19,23);2*1H. The Balaban J connectivity index is 0.00000140. The van der Waals surface area contributed by atoms with Crippen LogP contribution in [0.2, 0.25) is 0 Å². The fraction of sp³-hybridized carbons (Fsp3) is 0.500. The molecule has 1 aromatic heterocycles. The van der Waals surface area contributed by atoms with Gasteiger partial charge >= 0.3 is 0 Å². The molecule has 4 rings (SSSR count).